The van der Waals surface area contributed by atoms with Crippen LogP contribution in [0.15, 0.2) is 29.2 Å². The first-order chi connectivity index (χ1) is 11.4. The standard InChI is InChI=1S/C18H28N2O3S/c1-15(2)19-18(21)12-9-16-7-10-17(11-8-16)24(22,23)20-13-5-3-4-6-14-20/h7-8,10-11,15H,3-6,9,12-14H2,1-2H3,(H,19,21). The van der Waals surface area contributed by atoms with Crippen molar-refractivity contribution in [3.8, 4) is 0 Å². The summed E-state index contributed by atoms with van der Waals surface area (Å²) in [6.07, 6.45) is 5.09. The van der Waals surface area contributed by atoms with Crippen molar-refractivity contribution < 1.29 is 13.2 Å². The Bertz CT molecular complexity index is 631. The van der Waals surface area contributed by atoms with E-state index in [1.165, 1.54) is 0 Å². The molecule has 0 aliphatic carbocycles. The maximum absolute atomic E-state index is 12.7. The predicted molar refractivity (Wildman–Crippen MR) is 95.3 cm³/mol. The van der Waals surface area contributed by atoms with Crippen LogP contribution in [0.3, 0.4) is 0 Å². The van der Waals surface area contributed by atoms with E-state index in [4.69, 9.17) is 0 Å². The van der Waals surface area contributed by atoms with Crippen LogP contribution < -0.4 is 5.32 Å². The van der Waals surface area contributed by atoms with Gasteiger partial charge in [-0.05, 0) is 50.8 Å². The monoisotopic (exact) mass is 352 g/mol. The van der Waals surface area contributed by atoms with Gasteiger partial charge in [-0.15, -0.1) is 0 Å². The van der Waals surface area contributed by atoms with Gasteiger partial charge in [-0.25, -0.2) is 8.42 Å². The molecule has 1 amide bonds. The number of hydrogen-bond acceptors (Lipinski definition) is 3. The van der Waals surface area contributed by atoms with Crippen molar-refractivity contribution in [2.75, 3.05) is 13.1 Å². The van der Waals surface area contributed by atoms with Crippen molar-refractivity contribution in [2.45, 2.75) is 63.3 Å². The summed E-state index contributed by atoms with van der Waals surface area (Å²) < 4.78 is 27.0. The Morgan fingerprint density at radius 2 is 1.67 bits per heavy atom. The number of carbonyl (C=O) groups excluding carboxylic acids is 1. The zero-order valence-corrected chi connectivity index (χ0v) is 15.4. The lowest BCUT2D eigenvalue weighted by molar-refractivity contribution is -0.121. The van der Waals surface area contributed by atoms with Crippen LogP contribution in [0.5, 0.6) is 0 Å². The summed E-state index contributed by atoms with van der Waals surface area (Å²) in [5, 5.41) is 2.86. The molecule has 1 fully saturated rings. The minimum absolute atomic E-state index is 0.0197. The third-order valence-corrected chi connectivity index (χ3v) is 6.13. The van der Waals surface area contributed by atoms with E-state index < -0.39 is 10.0 Å². The maximum Gasteiger partial charge on any atom is 0.243 e. The first-order valence-electron chi connectivity index (χ1n) is 8.78. The lowest BCUT2D eigenvalue weighted by Crippen LogP contribution is -2.31. The molecule has 1 aromatic rings. The number of benzene rings is 1. The summed E-state index contributed by atoms with van der Waals surface area (Å²) >= 11 is 0. The first kappa shape index (κ1) is 18.9. The molecule has 0 bridgehead atoms. The molecule has 1 saturated heterocycles. The molecule has 0 radical (unpaired) electrons. The van der Waals surface area contributed by atoms with Crippen molar-refractivity contribution in [3.63, 3.8) is 0 Å². The summed E-state index contributed by atoms with van der Waals surface area (Å²) in [5.41, 5.74) is 0.976. The van der Waals surface area contributed by atoms with E-state index in [0.29, 0.717) is 30.8 Å². The molecule has 0 unspecified atom stereocenters. The fraction of sp³-hybridized carbons (Fsp3) is 0.611. The van der Waals surface area contributed by atoms with Gasteiger partial charge in [0.05, 0.1) is 4.90 Å². The molecule has 1 aliphatic rings. The molecule has 1 aliphatic heterocycles. The van der Waals surface area contributed by atoms with Crippen molar-refractivity contribution in [2.24, 2.45) is 0 Å². The van der Waals surface area contributed by atoms with E-state index in [0.717, 1.165) is 31.2 Å². The van der Waals surface area contributed by atoms with E-state index in [1.54, 1.807) is 16.4 Å². The van der Waals surface area contributed by atoms with Gasteiger partial charge in [0.2, 0.25) is 15.9 Å². The van der Waals surface area contributed by atoms with Crippen molar-refractivity contribution in [1.82, 2.24) is 9.62 Å². The van der Waals surface area contributed by atoms with Crippen LogP contribution in [-0.4, -0.2) is 37.8 Å². The minimum atomic E-state index is -3.40. The van der Waals surface area contributed by atoms with E-state index >= 15 is 0 Å². The smallest absolute Gasteiger partial charge is 0.243 e. The van der Waals surface area contributed by atoms with Crippen LogP contribution in [0, 0.1) is 0 Å². The Balaban J connectivity index is 1.99. The molecule has 24 heavy (non-hydrogen) atoms. The van der Waals surface area contributed by atoms with E-state index in [-0.39, 0.29) is 11.9 Å². The summed E-state index contributed by atoms with van der Waals surface area (Å²) in [4.78, 5) is 12.0. The van der Waals surface area contributed by atoms with E-state index in [9.17, 15) is 13.2 Å². The number of nitrogens with one attached hydrogen (secondary N) is 1. The second-order valence-electron chi connectivity index (χ2n) is 6.68. The van der Waals surface area contributed by atoms with Gasteiger partial charge in [0.25, 0.3) is 0 Å². The second-order valence-corrected chi connectivity index (χ2v) is 8.62. The van der Waals surface area contributed by atoms with Gasteiger partial charge < -0.3 is 5.32 Å². The van der Waals surface area contributed by atoms with E-state index in [1.807, 2.05) is 26.0 Å². The van der Waals surface area contributed by atoms with Gasteiger partial charge in [-0.1, -0.05) is 25.0 Å². The summed E-state index contributed by atoms with van der Waals surface area (Å²) in [7, 11) is -3.40. The normalized spacial score (nSPS) is 16.8. The Morgan fingerprint density at radius 1 is 1.08 bits per heavy atom. The number of amides is 1. The number of rotatable bonds is 6. The molecule has 0 spiro atoms. The van der Waals surface area contributed by atoms with Crippen LogP contribution in [0.25, 0.3) is 0 Å². The van der Waals surface area contributed by atoms with Crippen molar-refractivity contribution in [3.05, 3.63) is 29.8 Å². The zero-order chi connectivity index (χ0) is 17.6. The number of aryl methyl sites for hydroxylation is 1. The quantitative estimate of drug-likeness (QED) is 0.856. The predicted octanol–water partition coefficient (Wildman–Crippen LogP) is 2.71. The van der Waals surface area contributed by atoms with Gasteiger partial charge in [-0.2, -0.15) is 4.31 Å². The van der Waals surface area contributed by atoms with Crippen LogP contribution in [0.4, 0.5) is 0 Å². The molecule has 1 N–H and O–H groups in total. The Morgan fingerprint density at radius 3 is 2.21 bits per heavy atom. The largest absolute Gasteiger partial charge is 0.354 e. The Hall–Kier alpha value is -1.40. The third kappa shape index (κ3) is 5.31. The van der Waals surface area contributed by atoms with Gasteiger partial charge in [0.15, 0.2) is 0 Å². The molecule has 0 aromatic heterocycles. The minimum Gasteiger partial charge on any atom is -0.354 e. The van der Waals surface area contributed by atoms with Crippen molar-refractivity contribution in [1.29, 1.82) is 0 Å². The SMILES string of the molecule is CC(C)NC(=O)CCc1ccc(S(=O)(=O)N2CCCCCC2)cc1. The summed E-state index contributed by atoms with van der Waals surface area (Å²) in [6, 6.07) is 7.09. The number of carbonyl (C=O) groups is 1. The number of hydrogen-bond donors (Lipinski definition) is 1. The topological polar surface area (TPSA) is 66.5 Å². The molecule has 2 rings (SSSR count). The highest BCUT2D eigenvalue weighted by Crippen LogP contribution is 2.21. The maximum atomic E-state index is 12.7. The zero-order valence-electron chi connectivity index (χ0n) is 14.6. The average molecular weight is 353 g/mol. The lowest BCUT2D eigenvalue weighted by atomic mass is 10.1. The first-order valence-corrected chi connectivity index (χ1v) is 10.2. The highest BCUT2D eigenvalue weighted by Gasteiger charge is 2.24. The second kappa shape index (κ2) is 8.62. The third-order valence-electron chi connectivity index (χ3n) is 4.22. The molecular formula is C18H28N2O3S. The molecular weight excluding hydrogens is 324 g/mol. The molecule has 1 aromatic carbocycles. The molecule has 134 valence electrons. The van der Waals surface area contributed by atoms with Gasteiger partial charge in [0.1, 0.15) is 0 Å². The van der Waals surface area contributed by atoms with Crippen molar-refractivity contribution >= 4 is 15.9 Å². The van der Waals surface area contributed by atoms with Crippen LogP contribution >= 0.6 is 0 Å². The van der Waals surface area contributed by atoms with Crippen LogP contribution in [-0.2, 0) is 21.2 Å². The average Bonchev–Trinajstić information content (AvgIpc) is 2.82. The number of sulfonamides is 1. The fourth-order valence-corrected chi connectivity index (χ4v) is 4.43. The highest BCUT2D eigenvalue weighted by molar-refractivity contribution is 7.89. The van der Waals surface area contributed by atoms with Gasteiger partial charge in [-0.3, -0.25) is 4.79 Å². The molecule has 0 atom stereocenters. The fourth-order valence-electron chi connectivity index (χ4n) is 2.91. The Labute approximate surface area is 145 Å². The highest BCUT2D eigenvalue weighted by atomic mass is 32.2. The summed E-state index contributed by atoms with van der Waals surface area (Å²) in [6.45, 7) is 5.08. The van der Waals surface area contributed by atoms with Crippen LogP contribution in [0.2, 0.25) is 0 Å². The van der Waals surface area contributed by atoms with Gasteiger partial charge in [0, 0.05) is 25.6 Å². The summed E-state index contributed by atoms with van der Waals surface area (Å²) in [5.74, 6) is 0.0197. The molecule has 5 nitrogen and oxygen atoms in total. The van der Waals surface area contributed by atoms with Crippen LogP contribution in [0.1, 0.15) is 51.5 Å². The Kier molecular flexibility index (Phi) is 6.80. The number of nitrogens with zero attached hydrogens (tertiary/aromatic N) is 1. The molecule has 0 saturated carbocycles. The van der Waals surface area contributed by atoms with Gasteiger partial charge >= 0.3 is 0 Å². The molecule has 1 heterocycles. The molecule has 6 heteroatoms. The van der Waals surface area contributed by atoms with E-state index in [2.05, 4.69) is 5.32 Å². The lowest BCUT2D eigenvalue weighted by Gasteiger charge is -2.20.